The largest absolute Gasteiger partial charge is 0.398 e. The highest BCUT2D eigenvalue weighted by Crippen LogP contribution is 2.28. The molecule has 0 atom stereocenters. The number of rotatable bonds is 3. The van der Waals surface area contributed by atoms with Gasteiger partial charge < -0.3 is 5.73 Å². The standard InChI is InChI=1S/C10H8BrClN2O2S2/c11-8-2-1-7(4-9(8)12)14-18(15,16)10-3-6(13)5-17-10/h1-5,14H,13H2. The van der Waals surface area contributed by atoms with E-state index in [9.17, 15) is 8.42 Å². The lowest BCUT2D eigenvalue weighted by atomic mass is 10.3. The van der Waals surface area contributed by atoms with E-state index in [0.717, 1.165) is 11.3 Å². The first-order valence-corrected chi connectivity index (χ1v) is 8.24. The predicted octanol–water partition coefficient (Wildman–Crippen LogP) is 3.55. The second-order valence-corrected chi connectivity index (χ2v) is 7.52. The summed E-state index contributed by atoms with van der Waals surface area (Å²) in [5, 5.41) is 2.00. The fraction of sp³-hybridized carbons (Fsp3) is 0. The zero-order chi connectivity index (χ0) is 13.3. The lowest BCUT2D eigenvalue weighted by Crippen LogP contribution is -2.11. The van der Waals surface area contributed by atoms with Crippen molar-refractivity contribution in [3.63, 3.8) is 0 Å². The van der Waals surface area contributed by atoms with Crippen LogP contribution in [0.25, 0.3) is 0 Å². The smallest absolute Gasteiger partial charge is 0.271 e. The van der Waals surface area contributed by atoms with Crippen molar-refractivity contribution in [2.45, 2.75) is 4.21 Å². The summed E-state index contributed by atoms with van der Waals surface area (Å²) >= 11 is 10.2. The van der Waals surface area contributed by atoms with E-state index in [1.165, 1.54) is 12.1 Å². The second kappa shape index (κ2) is 5.08. The highest BCUT2D eigenvalue weighted by atomic mass is 79.9. The normalized spacial score (nSPS) is 11.4. The Morgan fingerprint density at radius 1 is 1.33 bits per heavy atom. The molecule has 3 N–H and O–H groups in total. The third kappa shape index (κ3) is 2.97. The van der Waals surface area contributed by atoms with Crippen molar-refractivity contribution in [1.82, 2.24) is 0 Å². The molecule has 0 radical (unpaired) electrons. The van der Waals surface area contributed by atoms with Crippen LogP contribution >= 0.6 is 38.9 Å². The van der Waals surface area contributed by atoms with Gasteiger partial charge in [-0.2, -0.15) is 0 Å². The molecule has 0 saturated heterocycles. The van der Waals surface area contributed by atoms with Crippen LogP contribution in [0.15, 0.2) is 38.3 Å². The van der Waals surface area contributed by atoms with Crippen LogP contribution in [0.4, 0.5) is 11.4 Å². The van der Waals surface area contributed by atoms with Gasteiger partial charge in [-0.3, -0.25) is 4.72 Å². The lowest BCUT2D eigenvalue weighted by Gasteiger charge is -2.07. The first-order valence-electron chi connectivity index (χ1n) is 4.70. The number of nitrogens with one attached hydrogen (secondary N) is 1. The van der Waals surface area contributed by atoms with E-state index < -0.39 is 10.0 Å². The van der Waals surface area contributed by atoms with E-state index >= 15 is 0 Å². The summed E-state index contributed by atoms with van der Waals surface area (Å²) in [6.07, 6.45) is 0. The number of anilines is 2. The molecule has 0 aliphatic carbocycles. The van der Waals surface area contributed by atoms with Crippen molar-refractivity contribution >= 4 is 60.3 Å². The quantitative estimate of drug-likeness (QED) is 0.871. The summed E-state index contributed by atoms with van der Waals surface area (Å²) in [6, 6.07) is 6.22. The number of hydrogen-bond donors (Lipinski definition) is 2. The maximum Gasteiger partial charge on any atom is 0.271 e. The van der Waals surface area contributed by atoms with Gasteiger partial charge in [-0.25, -0.2) is 8.42 Å². The van der Waals surface area contributed by atoms with Gasteiger partial charge in [-0.1, -0.05) is 11.6 Å². The average molecular weight is 368 g/mol. The third-order valence-corrected chi connectivity index (χ3v) is 6.10. The lowest BCUT2D eigenvalue weighted by molar-refractivity contribution is 0.603. The zero-order valence-electron chi connectivity index (χ0n) is 8.85. The molecule has 0 bridgehead atoms. The second-order valence-electron chi connectivity index (χ2n) is 3.43. The van der Waals surface area contributed by atoms with Gasteiger partial charge in [0.2, 0.25) is 0 Å². The Morgan fingerprint density at radius 3 is 2.61 bits per heavy atom. The van der Waals surface area contributed by atoms with Crippen LogP contribution in [0.3, 0.4) is 0 Å². The SMILES string of the molecule is Nc1csc(S(=O)(=O)Nc2ccc(Br)c(Cl)c2)c1. The Morgan fingerprint density at radius 2 is 2.06 bits per heavy atom. The van der Waals surface area contributed by atoms with Crippen LogP contribution < -0.4 is 10.5 Å². The minimum Gasteiger partial charge on any atom is -0.398 e. The average Bonchev–Trinajstić information content (AvgIpc) is 2.71. The molecule has 2 rings (SSSR count). The van der Waals surface area contributed by atoms with Gasteiger partial charge in [-0.05, 0) is 40.2 Å². The highest BCUT2D eigenvalue weighted by molar-refractivity contribution is 9.10. The maximum atomic E-state index is 12.0. The molecule has 0 amide bonds. The molecule has 2 aromatic rings. The minimum absolute atomic E-state index is 0.166. The van der Waals surface area contributed by atoms with Crippen molar-refractivity contribution in [3.8, 4) is 0 Å². The number of nitrogen functional groups attached to an aromatic ring is 1. The van der Waals surface area contributed by atoms with Crippen molar-refractivity contribution in [2.75, 3.05) is 10.5 Å². The van der Waals surface area contributed by atoms with E-state index in [4.69, 9.17) is 17.3 Å². The Labute approximate surface area is 122 Å². The summed E-state index contributed by atoms with van der Waals surface area (Å²) in [4.78, 5) is 0. The van der Waals surface area contributed by atoms with E-state index in [1.54, 1.807) is 17.5 Å². The molecule has 0 aliphatic rings. The topological polar surface area (TPSA) is 72.2 Å². The Balaban J connectivity index is 2.30. The molecule has 18 heavy (non-hydrogen) atoms. The highest BCUT2D eigenvalue weighted by Gasteiger charge is 2.16. The Bertz CT molecular complexity index is 685. The van der Waals surface area contributed by atoms with Gasteiger partial charge >= 0.3 is 0 Å². The molecule has 1 heterocycles. The molecule has 96 valence electrons. The monoisotopic (exact) mass is 366 g/mol. The summed E-state index contributed by atoms with van der Waals surface area (Å²) < 4.78 is 27.3. The molecular weight excluding hydrogens is 360 g/mol. The van der Waals surface area contributed by atoms with Gasteiger partial charge in [0.1, 0.15) is 4.21 Å². The van der Waals surface area contributed by atoms with Gasteiger partial charge in [0.15, 0.2) is 0 Å². The van der Waals surface area contributed by atoms with Crippen molar-refractivity contribution in [2.24, 2.45) is 0 Å². The number of benzene rings is 1. The molecule has 8 heteroatoms. The Kier molecular flexibility index (Phi) is 3.86. The fourth-order valence-electron chi connectivity index (χ4n) is 1.24. The molecule has 0 aliphatic heterocycles. The third-order valence-electron chi connectivity index (χ3n) is 2.03. The predicted molar refractivity (Wildman–Crippen MR) is 78.7 cm³/mol. The molecular formula is C10H8BrClN2O2S2. The first-order chi connectivity index (χ1) is 8.38. The number of hydrogen-bond acceptors (Lipinski definition) is 4. The van der Waals surface area contributed by atoms with E-state index in [0.29, 0.717) is 20.9 Å². The maximum absolute atomic E-state index is 12.0. The Hall–Kier alpha value is -0.760. The number of halogens is 2. The molecule has 4 nitrogen and oxygen atoms in total. The van der Waals surface area contributed by atoms with Crippen LogP contribution in [0.1, 0.15) is 0 Å². The summed E-state index contributed by atoms with van der Waals surface area (Å²) in [5.74, 6) is 0. The molecule has 0 spiro atoms. The van der Waals surface area contributed by atoms with E-state index in [2.05, 4.69) is 20.7 Å². The zero-order valence-corrected chi connectivity index (χ0v) is 12.8. The molecule has 0 saturated carbocycles. The summed E-state index contributed by atoms with van der Waals surface area (Å²) in [6.45, 7) is 0. The van der Waals surface area contributed by atoms with E-state index in [-0.39, 0.29) is 4.21 Å². The first kappa shape index (κ1) is 13.7. The van der Waals surface area contributed by atoms with Gasteiger partial charge in [0.25, 0.3) is 10.0 Å². The van der Waals surface area contributed by atoms with Crippen molar-refractivity contribution < 1.29 is 8.42 Å². The van der Waals surface area contributed by atoms with Crippen LogP contribution in [-0.2, 0) is 10.0 Å². The van der Waals surface area contributed by atoms with Crippen LogP contribution in [-0.4, -0.2) is 8.42 Å². The van der Waals surface area contributed by atoms with Gasteiger partial charge in [-0.15, -0.1) is 11.3 Å². The molecule has 0 fully saturated rings. The number of sulfonamides is 1. The molecule has 1 aromatic carbocycles. The van der Waals surface area contributed by atoms with Gasteiger partial charge in [0, 0.05) is 15.5 Å². The number of nitrogens with two attached hydrogens (primary N) is 1. The van der Waals surface area contributed by atoms with Gasteiger partial charge in [0.05, 0.1) is 10.7 Å². The van der Waals surface area contributed by atoms with Crippen molar-refractivity contribution in [3.05, 3.63) is 39.1 Å². The van der Waals surface area contributed by atoms with Crippen LogP contribution in [0.5, 0.6) is 0 Å². The van der Waals surface area contributed by atoms with Crippen LogP contribution in [0, 0.1) is 0 Å². The summed E-state index contributed by atoms with van der Waals surface area (Å²) in [7, 11) is -3.61. The molecule has 0 unspecified atom stereocenters. The van der Waals surface area contributed by atoms with Crippen molar-refractivity contribution in [1.29, 1.82) is 0 Å². The molecule has 1 aromatic heterocycles. The van der Waals surface area contributed by atoms with E-state index in [1.807, 2.05) is 0 Å². The summed E-state index contributed by atoms with van der Waals surface area (Å²) in [5.41, 5.74) is 6.33. The van der Waals surface area contributed by atoms with Crippen LogP contribution in [0.2, 0.25) is 5.02 Å². The minimum atomic E-state index is -3.61. The fourth-order valence-corrected chi connectivity index (χ4v) is 3.79. The number of thiophene rings is 1.